The second kappa shape index (κ2) is 7.46. The Morgan fingerprint density at radius 3 is 2.85 bits per heavy atom. The minimum absolute atomic E-state index is 0.337. The molecule has 0 bridgehead atoms. The lowest BCUT2D eigenvalue weighted by molar-refractivity contribution is 0.491. The SMILES string of the molecule is CCCNC(CCc1ccnn1C)c1cccc(Cl)c1. The van der Waals surface area contributed by atoms with Crippen LogP contribution in [0.25, 0.3) is 0 Å². The van der Waals surface area contributed by atoms with Crippen molar-refractivity contribution in [3.63, 3.8) is 0 Å². The van der Waals surface area contributed by atoms with Crippen LogP contribution in [0.2, 0.25) is 5.02 Å². The number of halogens is 1. The van der Waals surface area contributed by atoms with E-state index in [1.54, 1.807) is 0 Å². The minimum atomic E-state index is 0.337. The highest BCUT2D eigenvalue weighted by atomic mass is 35.5. The van der Waals surface area contributed by atoms with Gasteiger partial charge in [-0.15, -0.1) is 0 Å². The van der Waals surface area contributed by atoms with Crippen LogP contribution in [-0.2, 0) is 13.5 Å². The van der Waals surface area contributed by atoms with Crippen LogP contribution in [0.5, 0.6) is 0 Å². The van der Waals surface area contributed by atoms with Crippen molar-refractivity contribution in [2.45, 2.75) is 32.2 Å². The first-order chi connectivity index (χ1) is 9.70. The van der Waals surface area contributed by atoms with Crippen LogP contribution < -0.4 is 5.32 Å². The zero-order chi connectivity index (χ0) is 14.4. The van der Waals surface area contributed by atoms with Gasteiger partial charge in [0.1, 0.15) is 0 Å². The first-order valence-corrected chi connectivity index (χ1v) is 7.54. The number of hydrogen-bond acceptors (Lipinski definition) is 2. The highest BCUT2D eigenvalue weighted by molar-refractivity contribution is 6.30. The van der Waals surface area contributed by atoms with Crippen molar-refractivity contribution >= 4 is 11.6 Å². The van der Waals surface area contributed by atoms with E-state index in [1.165, 1.54) is 11.3 Å². The minimum Gasteiger partial charge on any atom is -0.310 e. The molecule has 1 atom stereocenters. The van der Waals surface area contributed by atoms with Crippen LogP contribution in [0.4, 0.5) is 0 Å². The Kier molecular flexibility index (Phi) is 5.62. The Bertz CT molecular complexity index is 536. The first kappa shape index (κ1) is 15.1. The molecular weight excluding hydrogens is 270 g/mol. The topological polar surface area (TPSA) is 29.9 Å². The van der Waals surface area contributed by atoms with Gasteiger partial charge in [-0.25, -0.2) is 0 Å². The van der Waals surface area contributed by atoms with E-state index < -0.39 is 0 Å². The van der Waals surface area contributed by atoms with E-state index >= 15 is 0 Å². The molecule has 1 unspecified atom stereocenters. The van der Waals surface area contributed by atoms with E-state index in [4.69, 9.17) is 11.6 Å². The molecule has 20 heavy (non-hydrogen) atoms. The van der Waals surface area contributed by atoms with Crippen LogP contribution in [0.15, 0.2) is 36.5 Å². The number of aryl methyl sites for hydroxylation is 2. The molecule has 1 N–H and O–H groups in total. The molecule has 0 aliphatic heterocycles. The molecule has 4 heteroatoms. The Morgan fingerprint density at radius 2 is 2.20 bits per heavy atom. The van der Waals surface area contributed by atoms with Crippen molar-refractivity contribution in [3.05, 3.63) is 52.8 Å². The molecule has 0 spiro atoms. The average molecular weight is 292 g/mol. The van der Waals surface area contributed by atoms with Gasteiger partial charge < -0.3 is 5.32 Å². The van der Waals surface area contributed by atoms with Gasteiger partial charge in [0.25, 0.3) is 0 Å². The first-order valence-electron chi connectivity index (χ1n) is 7.16. The highest BCUT2D eigenvalue weighted by Crippen LogP contribution is 2.22. The predicted molar refractivity (Wildman–Crippen MR) is 84.0 cm³/mol. The normalized spacial score (nSPS) is 12.6. The lowest BCUT2D eigenvalue weighted by Crippen LogP contribution is -2.23. The lowest BCUT2D eigenvalue weighted by atomic mass is 10.0. The molecule has 1 aromatic heterocycles. The summed E-state index contributed by atoms with van der Waals surface area (Å²) >= 11 is 6.11. The molecule has 2 rings (SSSR count). The monoisotopic (exact) mass is 291 g/mol. The third kappa shape index (κ3) is 4.09. The zero-order valence-corrected chi connectivity index (χ0v) is 12.9. The number of aromatic nitrogens is 2. The van der Waals surface area contributed by atoms with Crippen LogP contribution in [-0.4, -0.2) is 16.3 Å². The lowest BCUT2D eigenvalue weighted by Gasteiger charge is -2.19. The summed E-state index contributed by atoms with van der Waals surface area (Å²) in [6.45, 7) is 3.20. The summed E-state index contributed by atoms with van der Waals surface area (Å²) in [4.78, 5) is 0. The molecule has 2 aromatic rings. The van der Waals surface area contributed by atoms with Crippen molar-refractivity contribution in [2.75, 3.05) is 6.54 Å². The van der Waals surface area contributed by atoms with Gasteiger partial charge in [0, 0.05) is 30.0 Å². The van der Waals surface area contributed by atoms with Gasteiger partial charge >= 0.3 is 0 Å². The average Bonchev–Trinajstić information content (AvgIpc) is 2.84. The molecule has 0 saturated heterocycles. The maximum atomic E-state index is 6.11. The number of rotatable bonds is 7. The molecule has 0 radical (unpaired) electrons. The largest absolute Gasteiger partial charge is 0.310 e. The van der Waals surface area contributed by atoms with Gasteiger partial charge in [-0.05, 0) is 49.6 Å². The van der Waals surface area contributed by atoms with E-state index in [1.807, 2.05) is 30.1 Å². The fourth-order valence-corrected chi connectivity index (χ4v) is 2.57. The van der Waals surface area contributed by atoms with E-state index in [-0.39, 0.29) is 0 Å². The van der Waals surface area contributed by atoms with Crippen molar-refractivity contribution < 1.29 is 0 Å². The number of benzene rings is 1. The molecule has 3 nitrogen and oxygen atoms in total. The molecule has 0 saturated carbocycles. The quantitative estimate of drug-likeness (QED) is 0.842. The smallest absolute Gasteiger partial charge is 0.0492 e. The van der Waals surface area contributed by atoms with Crippen LogP contribution in [0, 0.1) is 0 Å². The number of nitrogens with zero attached hydrogens (tertiary/aromatic N) is 2. The molecule has 0 aliphatic carbocycles. The molecule has 1 aromatic carbocycles. The maximum absolute atomic E-state index is 6.11. The van der Waals surface area contributed by atoms with E-state index in [0.29, 0.717) is 6.04 Å². The molecule has 1 heterocycles. The standard InChI is InChI=1S/C16H22ClN3/c1-3-10-18-16(13-5-4-6-14(17)12-13)8-7-15-9-11-19-20(15)2/h4-6,9,11-12,16,18H,3,7-8,10H2,1-2H3. The number of nitrogens with one attached hydrogen (secondary N) is 1. The summed E-state index contributed by atoms with van der Waals surface area (Å²) < 4.78 is 1.94. The Hall–Kier alpha value is -1.32. The van der Waals surface area contributed by atoms with Gasteiger partial charge in [-0.2, -0.15) is 5.10 Å². The molecule has 0 amide bonds. The van der Waals surface area contributed by atoms with Crippen LogP contribution in [0.3, 0.4) is 0 Å². The van der Waals surface area contributed by atoms with Crippen LogP contribution >= 0.6 is 11.6 Å². The highest BCUT2D eigenvalue weighted by Gasteiger charge is 2.12. The van der Waals surface area contributed by atoms with Crippen molar-refractivity contribution in [2.24, 2.45) is 7.05 Å². The van der Waals surface area contributed by atoms with E-state index in [9.17, 15) is 0 Å². The third-order valence-electron chi connectivity index (χ3n) is 3.50. The summed E-state index contributed by atoms with van der Waals surface area (Å²) in [6.07, 6.45) is 5.02. The van der Waals surface area contributed by atoms with Crippen molar-refractivity contribution in [1.82, 2.24) is 15.1 Å². The summed E-state index contributed by atoms with van der Waals surface area (Å²) in [5, 5.41) is 8.62. The van der Waals surface area contributed by atoms with Gasteiger partial charge in [0.15, 0.2) is 0 Å². The molecular formula is C16H22ClN3. The zero-order valence-electron chi connectivity index (χ0n) is 12.1. The van der Waals surface area contributed by atoms with Gasteiger partial charge in [0.2, 0.25) is 0 Å². The van der Waals surface area contributed by atoms with Gasteiger partial charge in [0.05, 0.1) is 0 Å². The van der Waals surface area contributed by atoms with E-state index in [2.05, 4.69) is 35.5 Å². The summed E-state index contributed by atoms with van der Waals surface area (Å²) in [5.41, 5.74) is 2.52. The fraction of sp³-hybridized carbons (Fsp3) is 0.438. The molecule has 0 aliphatic rings. The summed E-state index contributed by atoms with van der Waals surface area (Å²) in [7, 11) is 1.99. The second-order valence-electron chi connectivity index (χ2n) is 5.05. The number of hydrogen-bond donors (Lipinski definition) is 1. The Labute approximate surface area is 126 Å². The summed E-state index contributed by atoms with van der Waals surface area (Å²) in [6, 6.07) is 10.5. The van der Waals surface area contributed by atoms with E-state index in [0.717, 1.165) is 30.8 Å². The fourth-order valence-electron chi connectivity index (χ4n) is 2.37. The molecule has 108 valence electrons. The predicted octanol–water partition coefficient (Wildman–Crippen LogP) is 3.75. The summed E-state index contributed by atoms with van der Waals surface area (Å²) in [5.74, 6) is 0. The third-order valence-corrected chi connectivity index (χ3v) is 3.74. The Balaban J connectivity index is 2.05. The molecule has 0 fully saturated rings. The van der Waals surface area contributed by atoms with Crippen LogP contribution in [0.1, 0.15) is 37.1 Å². The Morgan fingerprint density at radius 1 is 1.35 bits per heavy atom. The maximum Gasteiger partial charge on any atom is 0.0492 e. The van der Waals surface area contributed by atoms with Gasteiger partial charge in [-0.1, -0.05) is 30.7 Å². The van der Waals surface area contributed by atoms with Gasteiger partial charge in [-0.3, -0.25) is 4.68 Å². The second-order valence-corrected chi connectivity index (χ2v) is 5.48. The van der Waals surface area contributed by atoms with Crippen molar-refractivity contribution in [3.8, 4) is 0 Å². The van der Waals surface area contributed by atoms with Crippen molar-refractivity contribution in [1.29, 1.82) is 0 Å².